The Labute approximate surface area is 195 Å². The predicted molar refractivity (Wildman–Crippen MR) is 125 cm³/mol. The second-order valence-electron chi connectivity index (χ2n) is 9.45. The summed E-state index contributed by atoms with van der Waals surface area (Å²) in [4.78, 5) is 27.6. The highest BCUT2D eigenvalue weighted by molar-refractivity contribution is 6.46. The van der Waals surface area contributed by atoms with E-state index < -0.39 is 17.7 Å². The van der Waals surface area contributed by atoms with Crippen molar-refractivity contribution >= 4 is 17.4 Å². The molecule has 0 saturated carbocycles. The van der Waals surface area contributed by atoms with Crippen molar-refractivity contribution < 1.29 is 28.6 Å². The number of carbonyl (C=O) groups is 2. The van der Waals surface area contributed by atoms with Crippen LogP contribution in [0.4, 0.5) is 0 Å². The number of amides is 1. The first kappa shape index (κ1) is 24.6. The van der Waals surface area contributed by atoms with Crippen molar-refractivity contribution in [3.8, 4) is 5.75 Å². The predicted octanol–water partition coefficient (Wildman–Crippen LogP) is 4.82. The first-order chi connectivity index (χ1) is 15.6. The van der Waals surface area contributed by atoms with E-state index in [0.29, 0.717) is 36.6 Å². The summed E-state index contributed by atoms with van der Waals surface area (Å²) < 4.78 is 16.6. The average molecular weight is 456 g/mol. The van der Waals surface area contributed by atoms with Gasteiger partial charge in [-0.15, -0.1) is 0 Å². The van der Waals surface area contributed by atoms with Gasteiger partial charge in [-0.1, -0.05) is 26.8 Å². The minimum Gasteiger partial charge on any atom is -0.507 e. The zero-order valence-electron chi connectivity index (χ0n) is 20.2. The van der Waals surface area contributed by atoms with Gasteiger partial charge in [0, 0.05) is 13.2 Å². The van der Waals surface area contributed by atoms with Crippen LogP contribution in [0, 0.1) is 0 Å². The van der Waals surface area contributed by atoms with E-state index in [1.54, 1.807) is 24.3 Å². The zero-order chi connectivity index (χ0) is 24.3. The number of furan rings is 1. The molecular formula is C26H33NO6. The van der Waals surface area contributed by atoms with E-state index >= 15 is 0 Å². The van der Waals surface area contributed by atoms with E-state index in [2.05, 4.69) is 20.8 Å². The smallest absolute Gasteiger partial charge is 0.295 e. The number of hydrogen-bond donors (Lipinski definition) is 1. The van der Waals surface area contributed by atoms with Gasteiger partial charge < -0.3 is 23.9 Å². The van der Waals surface area contributed by atoms with Crippen molar-refractivity contribution in [2.75, 3.05) is 20.3 Å². The maximum Gasteiger partial charge on any atom is 0.295 e. The molecule has 1 aromatic heterocycles. The highest BCUT2D eigenvalue weighted by Gasteiger charge is 2.47. The summed E-state index contributed by atoms with van der Waals surface area (Å²) in [7, 11) is 1.50. The lowest BCUT2D eigenvalue weighted by Gasteiger charge is -2.24. The number of aliphatic hydroxyl groups excluding tert-OH is 1. The monoisotopic (exact) mass is 455 g/mol. The minimum atomic E-state index is -0.831. The van der Waals surface area contributed by atoms with Crippen LogP contribution >= 0.6 is 0 Å². The molecule has 0 bridgehead atoms. The van der Waals surface area contributed by atoms with Gasteiger partial charge >= 0.3 is 0 Å². The fourth-order valence-corrected chi connectivity index (χ4v) is 3.91. The quantitative estimate of drug-likeness (QED) is 0.266. The summed E-state index contributed by atoms with van der Waals surface area (Å²) in [6, 6.07) is 8.05. The molecule has 7 heteroatoms. The van der Waals surface area contributed by atoms with Crippen molar-refractivity contribution in [2.45, 2.75) is 58.6 Å². The largest absolute Gasteiger partial charge is 0.507 e. The maximum absolute atomic E-state index is 13.1. The van der Waals surface area contributed by atoms with Crippen molar-refractivity contribution in [1.82, 2.24) is 4.90 Å². The molecule has 3 rings (SSSR count). The topological polar surface area (TPSA) is 89.2 Å². The SMILES string of the molecule is COc1ccc(C(C)(C)C)cc1/C(O)=C1\C(=O)C(=O)N(CCCOC(C)C)C1c1ccco1. The standard InChI is InChI=1S/C26H33NO6/c1-16(2)32-14-8-12-27-22(20-9-7-13-33-20)21(24(29)25(27)30)23(28)18-15-17(26(3,4)5)10-11-19(18)31-6/h7,9-11,13,15-16,22,28H,8,12,14H2,1-6H3/b23-21+. The third-order valence-electron chi connectivity index (χ3n) is 5.67. The number of ether oxygens (including phenoxy) is 2. The van der Waals surface area contributed by atoms with Crippen LogP contribution in [-0.4, -0.2) is 48.1 Å². The molecule has 1 fully saturated rings. The molecule has 0 spiro atoms. The van der Waals surface area contributed by atoms with Gasteiger partial charge in [-0.05, 0) is 55.5 Å². The Morgan fingerprint density at radius 1 is 1.21 bits per heavy atom. The van der Waals surface area contributed by atoms with Gasteiger partial charge in [0.1, 0.15) is 23.3 Å². The van der Waals surface area contributed by atoms with E-state index in [1.807, 2.05) is 19.9 Å². The molecule has 1 saturated heterocycles. The van der Waals surface area contributed by atoms with Crippen LogP contribution in [0.3, 0.4) is 0 Å². The van der Waals surface area contributed by atoms with E-state index in [9.17, 15) is 14.7 Å². The van der Waals surface area contributed by atoms with Crippen molar-refractivity contribution in [3.05, 3.63) is 59.1 Å². The second-order valence-corrected chi connectivity index (χ2v) is 9.45. The van der Waals surface area contributed by atoms with Crippen LogP contribution in [0.25, 0.3) is 5.76 Å². The van der Waals surface area contributed by atoms with Gasteiger partial charge in [-0.2, -0.15) is 0 Å². The summed E-state index contributed by atoms with van der Waals surface area (Å²) in [5.41, 5.74) is 1.12. The molecule has 1 aromatic carbocycles. The van der Waals surface area contributed by atoms with Crippen molar-refractivity contribution in [3.63, 3.8) is 0 Å². The number of Topliss-reactive ketones (excluding diaryl/α,β-unsaturated/α-hetero) is 1. The van der Waals surface area contributed by atoms with Gasteiger partial charge in [-0.25, -0.2) is 0 Å². The lowest BCUT2D eigenvalue weighted by atomic mass is 9.85. The van der Waals surface area contributed by atoms with Crippen LogP contribution in [0.15, 0.2) is 46.6 Å². The molecular weight excluding hydrogens is 422 g/mol. The Kier molecular flexibility index (Phi) is 7.32. The molecule has 33 heavy (non-hydrogen) atoms. The Morgan fingerprint density at radius 3 is 2.52 bits per heavy atom. The summed E-state index contributed by atoms with van der Waals surface area (Å²) in [6.07, 6.45) is 2.10. The molecule has 2 aromatic rings. The van der Waals surface area contributed by atoms with Crippen LogP contribution in [0.5, 0.6) is 5.75 Å². The highest BCUT2D eigenvalue weighted by atomic mass is 16.5. The highest BCUT2D eigenvalue weighted by Crippen LogP contribution is 2.42. The van der Waals surface area contributed by atoms with E-state index in [1.165, 1.54) is 18.3 Å². The number of ketones is 1. The third kappa shape index (κ3) is 5.14. The van der Waals surface area contributed by atoms with Crippen LogP contribution in [0.1, 0.15) is 64.0 Å². The van der Waals surface area contributed by atoms with Gasteiger partial charge in [-0.3, -0.25) is 9.59 Å². The first-order valence-electron chi connectivity index (χ1n) is 11.2. The van der Waals surface area contributed by atoms with E-state index in [4.69, 9.17) is 13.9 Å². The number of aliphatic hydroxyl groups is 1. The van der Waals surface area contributed by atoms with Gasteiger partial charge in [0.05, 0.1) is 30.6 Å². The Hall–Kier alpha value is -3.06. The van der Waals surface area contributed by atoms with E-state index in [0.717, 1.165) is 5.56 Å². The van der Waals surface area contributed by atoms with Crippen molar-refractivity contribution in [1.29, 1.82) is 0 Å². The minimum absolute atomic E-state index is 0.0101. The zero-order valence-corrected chi connectivity index (χ0v) is 20.2. The second kappa shape index (κ2) is 9.83. The third-order valence-corrected chi connectivity index (χ3v) is 5.67. The van der Waals surface area contributed by atoms with Crippen LogP contribution in [0.2, 0.25) is 0 Å². The molecule has 178 valence electrons. The summed E-state index contributed by atoms with van der Waals surface area (Å²) >= 11 is 0. The molecule has 0 radical (unpaired) electrons. The Balaban J connectivity index is 2.09. The fourth-order valence-electron chi connectivity index (χ4n) is 3.91. The Bertz CT molecular complexity index is 1030. The number of methoxy groups -OCH3 is 1. The summed E-state index contributed by atoms with van der Waals surface area (Å²) in [5.74, 6) is -0.879. The number of hydrogen-bond acceptors (Lipinski definition) is 6. The molecule has 1 N–H and O–H groups in total. The molecule has 1 aliphatic rings. The lowest BCUT2D eigenvalue weighted by molar-refractivity contribution is -0.140. The molecule has 1 unspecified atom stereocenters. The van der Waals surface area contributed by atoms with Crippen LogP contribution in [-0.2, 0) is 19.7 Å². The number of rotatable bonds is 8. The normalized spacial score (nSPS) is 18.4. The summed E-state index contributed by atoms with van der Waals surface area (Å²) in [5, 5.41) is 11.4. The number of likely N-dealkylation sites (tertiary alicyclic amines) is 1. The maximum atomic E-state index is 13.1. The number of benzene rings is 1. The molecule has 1 aliphatic heterocycles. The van der Waals surface area contributed by atoms with Gasteiger partial charge in [0.15, 0.2) is 0 Å². The van der Waals surface area contributed by atoms with Crippen molar-refractivity contribution in [2.24, 2.45) is 0 Å². The number of nitrogens with zero attached hydrogens (tertiary/aromatic N) is 1. The van der Waals surface area contributed by atoms with Crippen LogP contribution < -0.4 is 4.74 Å². The summed E-state index contributed by atoms with van der Waals surface area (Å²) in [6.45, 7) is 10.8. The molecule has 7 nitrogen and oxygen atoms in total. The van der Waals surface area contributed by atoms with E-state index in [-0.39, 0.29) is 22.9 Å². The number of carbonyl (C=O) groups excluding carboxylic acids is 2. The molecule has 1 amide bonds. The van der Waals surface area contributed by atoms with Gasteiger partial charge in [0.2, 0.25) is 0 Å². The first-order valence-corrected chi connectivity index (χ1v) is 11.2. The molecule has 1 atom stereocenters. The fraction of sp³-hybridized carbons (Fsp3) is 0.462. The van der Waals surface area contributed by atoms with Gasteiger partial charge in [0.25, 0.3) is 11.7 Å². The molecule has 2 heterocycles. The average Bonchev–Trinajstić information content (AvgIpc) is 3.37. The Morgan fingerprint density at radius 2 is 1.94 bits per heavy atom. The molecule has 0 aliphatic carbocycles. The lowest BCUT2D eigenvalue weighted by Crippen LogP contribution is -2.31.